The first-order valence-corrected chi connectivity index (χ1v) is 6.64. The van der Waals surface area contributed by atoms with Crippen LogP contribution in [0.25, 0.3) is 11.1 Å². The van der Waals surface area contributed by atoms with Gasteiger partial charge in [0.25, 0.3) is 0 Å². The molecule has 1 heterocycles. The Morgan fingerprint density at radius 3 is 2.61 bits per heavy atom. The Bertz CT molecular complexity index is 555. The molecule has 0 saturated heterocycles. The summed E-state index contributed by atoms with van der Waals surface area (Å²) in [5.74, 6) is 1.83. The van der Waals surface area contributed by atoms with Gasteiger partial charge < -0.3 is 5.73 Å². The van der Waals surface area contributed by atoms with Crippen LogP contribution in [0.15, 0.2) is 24.3 Å². The molecule has 1 aromatic carbocycles. The van der Waals surface area contributed by atoms with Crippen molar-refractivity contribution in [3.63, 3.8) is 0 Å². The maximum absolute atomic E-state index is 5.99. The molecule has 1 fully saturated rings. The number of nitrogens with one attached hydrogen (secondary N) is 1. The van der Waals surface area contributed by atoms with Crippen LogP contribution < -0.4 is 5.73 Å². The molecule has 2 aromatic rings. The number of hydrogen-bond donors (Lipinski definition) is 2. The topological polar surface area (TPSA) is 54.7 Å². The lowest BCUT2D eigenvalue weighted by molar-refractivity contribution is 0.642. The zero-order valence-electron chi connectivity index (χ0n) is 10.3. The first kappa shape index (κ1) is 11.6. The molecule has 0 amide bonds. The summed E-state index contributed by atoms with van der Waals surface area (Å²) in [7, 11) is 0. The van der Waals surface area contributed by atoms with Crippen LogP contribution in [0.4, 0.5) is 5.82 Å². The van der Waals surface area contributed by atoms with Crippen LogP contribution in [-0.4, -0.2) is 10.2 Å². The first-order chi connectivity index (χ1) is 8.66. The summed E-state index contributed by atoms with van der Waals surface area (Å²) in [6.07, 6.45) is 2.61. The number of aromatic nitrogens is 2. The van der Waals surface area contributed by atoms with Crippen LogP contribution >= 0.6 is 11.6 Å². The maximum Gasteiger partial charge on any atom is 0.153 e. The summed E-state index contributed by atoms with van der Waals surface area (Å²) in [6, 6.07) is 7.75. The van der Waals surface area contributed by atoms with Gasteiger partial charge in [0.05, 0.1) is 0 Å². The fourth-order valence-corrected chi connectivity index (χ4v) is 2.58. The largest absolute Gasteiger partial charge is 0.382 e. The van der Waals surface area contributed by atoms with Crippen LogP contribution in [0.1, 0.15) is 31.4 Å². The van der Waals surface area contributed by atoms with Gasteiger partial charge in [-0.25, -0.2) is 0 Å². The van der Waals surface area contributed by atoms with E-state index >= 15 is 0 Å². The second-order valence-corrected chi connectivity index (χ2v) is 5.47. The third kappa shape index (κ3) is 1.99. The van der Waals surface area contributed by atoms with E-state index in [1.807, 2.05) is 24.3 Å². The van der Waals surface area contributed by atoms with Gasteiger partial charge in [-0.3, -0.25) is 5.10 Å². The third-order valence-corrected chi connectivity index (χ3v) is 3.99. The normalized spacial score (nSPS) is 16.8. The highest BCUT2D eigenvalue weighted by molar-refractivity contribution is 6.30. The highest BCUT2D eigenvalue weighted by Crippen LogP contribution is 2.45. The molecule has 0 aliphatic heterocycles. The van der Waals surface area contributed by atoms with E-state index in [4.69, 9.17) is 17.3 Å². The van der Waals surface area contributed by atoms with Gasteiger partial charge in [-0.15, -0.1) is 0 Å². The molecule has 3 rings (SSSR count). The van der Waals surface area contributed by atoms with Crippen LogP contribution in [0.3, 0.4) is 0 Å². The zero-order chi connectivity index (χ0) is 12.7. The standard InChI is InChI=1S/C14H16ClN3/c1-8(9-2-3-9)13-12(14(16)18-17-13)10-4-6-11(15)7-5-10/h4-9H,2-3H2,1H3,(H3,16,17,18). The number of halogens is 1. The molecular formula is C14H16ClN3. The fraction of sp³-hybridized carbons (Fsp3) is 0.357. The summed E-state index contributed by atoms with van der Waals surface area (Å²) < 4.78 is 0. The fourth-order valence-electron chi connectivity index (χ4n) is 2.45. The molecule has 94 valence electrons. The number of H-pyrrole nitrogens is 1. The molecule has 18 heavy (non-hydrogen) atoms. The number of nitrogens with zero attached hydrogens (tertiary/aromatic N) is 1. The van der Waals surface area contributed by atoms with Crippen molar-refractivity contribution in [2.24, 2.45) is 5.92 Å². The molecule has 0 spiro atoms. The summed E-state index contributed by atoms with van der Waals surface area (Å²) in [4.78, 5) is 0. The Morgan fingerprint density at radius 2 is 2.00 bits per heavy atom. The number of benzene rings is 1. The monoisotopic (exact) mass is 261 g/mol. The zero-order valence-corrected chi connectivity index (χ0v) is 11.0. The summed E-state index contributed by atoms with van der Waals surface area (Å²) >= 11 is 5.92. The van der Waals surface area contributed by atoms with E-state index in [1.165, 1.54) is 12.8 Å². The van der Waals surface area contributed by atoms with Crippen LogP contribution in [0, 0.1) is 5.92 Å². The van der Waals surface area contributed by atoms with Crippen molar-refractivity contribution in [1.29, 1.82) is 0 Å². The lowest BCUT2D eigenvalue weighted by Gasteiger charge is -2.11. The Kier molecular flexibility index (Phi) is 2.78. The van der Waals surface area contributed by atoms with E-state index in [0.29, 0.717) is 11.7 Å². The van der Waals surface area contributed by atoms with Gasteiger partial charge in [0.15, 0.2) is 5.82 Å². The lowest BCUT2D eigenvalue weighted by atomic mass is 9.95. The molecule has 4 heteroatoms. The second-order valence-electron chi connectivity index (χ2n) is 5.03. The number of hydrogen-bond acceptors (Lipinski definition) is 2. The van der Waals surface area contributed by atoms with Crippen molar-refractivity contribution < 1.29 is 0 Å². The summed E-state index contributed by atoms with van der Waals surface area (Å²) in [5, 5.41) is 8.00. The molecule has 3 nitrogen and oxygen atoms in total. The Balaban J connectivity index is 2.04. The lowest BCUT2D eigenvalue weighted by Crippen LogP contribution is -1.99. The molecule has 3 N–H and O–H groups in total. The molecule has 0 radical (unpaired) electrons. The van der Waals surface area contributed by atoms with Gasteiger partial charge in [-0.1, -0.05) is 30.7 Å². The maximum atomic E-state index is 5.99. The summed E-state index contributed by atoms with van der Waals surface area (Å²) in [5.41, 5.74) is 9.26. The first-order valence-electron chi connectivity index (χ1n) is 6.26. The van der Waals surface area contributed by atoms with Crippen molar-refractivity contribution >= 4 is 17.4 Å². The van der Waals surface area contributed by atoms with Crippen LogP contribution in [0.2, 0.25) is 5.02 Å². The van der Waals surface area contributed by atoms with Crippen molar-refractivity contribution in [2.45, 2.75) is 25.7 Å². The van der Waals surface area contributed by atoms with Gasteiger partial charge in [-0.2, -0.15) is 5.10 Å². The van der Waals surface area contributed by atoms with Gasteiger partial charge >= 0.3 is 0 Å². The minimum absolute atomic E-state index is 0.487. The second kappa shape index (κ2) is 4.32. The van der Waals surface area contributed by atoms with E-state index < -0.39 is 0 Å². The highest BCUT2D eigenvalue weighted by Gasteiger charge is 2.32. The van der Waals surface area contributed by atoms with E-state index in [-0.39, 0.29) is 0 Å². The minimum atomic E-state index is 0.487. The molecule has 1 saturated carbocycles. The van der Waals surface area contributed by atoms with Gasteiger partial charge in [0.2, 0.25) is 0 Å². The predicted molar refractivity (Wildman–Crippen MR) is 74.6 cm³/mol. The van der Waals surface area contributed by atoms with Crippen molar-refractivity contribution in [2.75, 3.05) is 5.73 Å². The molecule has 1 aliphatic carbocycles. The molecular weight excluding hydrogens is 246 g/mol. The summed E-state index contributed by atoms with van der Waals surface area (Å²) in [6.45, 7) is 2.24. The third-order valence-electron chi connectivity index (χ3n) is 3.74. The van der Waals surface area contributed by atoms with Gasteiger partial charge in [0, 0.05) is 22.2 Å². The van der Waals surface area contributed by atoms with E-state index in [0.717, 1.165) is 27.8 Å². The number of anilines is 1. The SMILES string of the molecule is CC(c1[nH]nc(N)c1-c1ccc(Cl)cc1)C1CC1. The highest BCUT2D eigenvalue weighted by atomic mass is 35.5. The minimum Gasteiger partial charge on any atom is -0.382 e. The van der Waals surface area contributed by atoms with Crippen molar-refractivity contribution in [1.82, 2.24) is 10.2 Å². The van der Waals surface area contributed by atoms with Crippen molar-refractivity contribution in [3.05, 3.63) is 35.0 Å². The quantitative estimate of drug-likeness (QED) is 0.882. The molecule has 1 unspecified atom stereocenters. The van der Waals surface area contributed by atoms with E-state index in [9.17, 15) is 0 Å². The molecule has 0 bridgehead atoms. The Labute approximate surface area is 111 Å². The van der Waals surface area contributed by atoms with Crippen molar-refractivity contribution in [3.8, 4) is 11.1 Å². The van der Waals surface area contributed by atoms with E-state index in [2.05, 4.69) is 17.1 Å². The number of rotatable bonds is 3. The molecule has 1 aliphatic rings. The average Bonchev–Trinajstić information content (AvgIpc) is 3.14. The average molecular weight is 262 g/mol. The van der Waals surface area contributed by atoms with Crippen LogP contribution in [0.5, 0.6) is 0 Å². The van der Waals surface area contributed by atoms with E-state index in [1.54, 1.807) is 0 Å². The number of nitrogens with two attached hydrogens (primary N) is 1. The van der Waals surface area contributed by atoms with Gasteiger partial charge in [-0.05, 0) is 36.5 Å². The Morgan fingerprint density at radius 1 is 1.33 bits per heavy atom. The number of aromatic amines is 1. The Hall–Kier alpha value is -1.48. The molecule has 1 atom stereocenters. The smallest absolute Gasteiger partial charge is 0.153 e. The predicted octanol–water partition coefficient (Wildman–Crippen LogP) is 3.83. The van der Waals surface area contributed by atoms with Gasteiger partial charge in [0.1, 0.15) is 0 Å². The van der Waals surface area contributed by atoms with Crippen LogP contribution in [-0.2, 0) is 0 Å². The number of nitrogen functional groups attached to an aromatic ring is 1. The molecule has 1 aromatic heterocycles.